The number of ether oxygens (including phenoxy) is 1. The third-order valence-corrected chi connectivity index (χ3v) is 5.27. The predicted molar refractivity (Wildman–Crippen MR) is 85.9 cm³/mol. The number of likely N-dealkylation sites (tertiary alicyclic amines) is 1. The maximum absolute atomic E-state index is 13.7. The van der Waals surface area contributed by atoms with Crippen LogP contribution in [0.15, 0.2) is 18.2 Å². The smallest absolute Gasteiger partial charge is 0.200 e. The number of rotatable bonds is 4. The van der Waals surface area contributed by atoms with Crippen molar-refractivity contribution in [2.45, 2.75) is 56.3 Å². The first kappa shape index (κ1) is 17.6. The van der Waals surface area contributed by atoms with E-state index in [-0.39, 0.29) is 18.9 Å². The van der Waals surface area contributed by atoms with E-state index in [4.69, 9.17) is 4.74 Å². The highest BCUT2D eigenvalue weighted by Crippen LogP contribution is 2.30. The van der Waals surface area contributed by atoms with Crippen LogP contribution in [0.1, 0.15) is 38.5 Å². The number of hydrogen-bond donors (Lipinski definition) is 2. The zero-order valence-corrected chi connectivity index (χ0v) is 13.8. The Morgan fingerprint density at radius 3 is 2.67 bits per heavy atom. The van der Waals surface area contributed by atoms with Gasteiger partial charge in [-0.2, -0.15) is 4.39 Å². The molecule has 0 aromatic heterocycles. The summed E-state index contributed by atoms with van der Waals surface area (Å²) in [4.78, 5) is 2.21. The molecule has 1 aromatic carbocycles. The van der Waals surface area contributed by atoms with Crippen LogP contribution in [0.3, 0.4) is 0 Å². The lowest BCUT2D eigenvalue weighted by Crippen LogP contribution is -2.61. The highest BCUT2D eigenvalue weighted by atomic mass is 19.2. The van der Waals surface area contributed by atoms with Gasteiger partial charge in [0, 0.05) is 19.1 Å². The summed E-state index contributed by atoms with van der Waals surface area (Å²) in [6.45, 7) is 0.760. The second kappa shape index (κ2) is 7.33. The van der Waals surface area contributed by atoms with Crippen molar-refractivity contribution < 1.29 is 23.7 Å². The molecule has 2 atom stereocenters. The van der Waals surface area contributed by atoms with E-state index in [1.165, 1.54) is 31.4 Å². The van der Waals surface area contributed by atoms with Crippen molar-refractivity contribution in [3.05, 3.63) is 29.8 Å². The average molecular weight is 341 g/mol. The third kappa shape index (κ3) is 3.71. The number of hydrogen-bond acceptors (Lipinski definition) is 4. The maximum Gasteiger partial charge on any atom is 0.200 e. The molecule has 0 bridgehead atoms. The van der Waals surface area contributed by atoms with Gasteiger partial charge in [-0.3, -0.25) is 4.90 Å². The van der Waals surface area contributed by atoms with Crippen LogP contribution < -0.4 is 4.74 Å². The summed E-state index contributed by atoms with van der Waals surface area (Å²) in [5, 5.41) is 21.1. The summed E-state index contributed by atoms with van der Waals surface area (Å²) >= 11 is 0. The molecule has 2 fully saturated rings. The van der Waals surface area contributed by atoms with Crippen LogP contribution in [-0.2, 0) is 0 Å². The fourth-order valence-electron chi connectivity index (χ4n) is 3.79. The molecule has 134 valence electrons. The largest absolute Gasteiger partial charge is 0.487 e. The van der Waals surface area contributed by atoms with Crippen molar-refractivity contribution in [1.29, 1.82) is 0 Å². The monoisotopic (exact) mass is 341 g/mol. The molecular formula is C18H25F2NO3. The predicted octanol–water partition coefficient (Wildman–Crippen LogP) is 2.47. The second-order valence-electron chi connectivity index (χ2n) is 7.01. The van der Waals surface area contributed by atoms with Crippen LogP contribution in [0.5, 0.6) is 5.75 Å². The Kier molecular flexibility index (Phi) is 5.37. The minimum atomic E-state index is -1.48. The average Bonchev–Trinajstić information content (AvgIpc) is 2.60. The normalized spacial score (nSPS) is 29.6. The van der Waals surface area contributed by atoms with E-state index >= 15 is 0 Å². The molecule has 0 amide bonds. The van der Waals surface area contributed by atoms with Gasteiger partial charge in [-0.15, -0.1) is 0 Å². The molecule has 1 aliphatic heterocycles. The number of halogens is 2. The molecule has 1 heterocycles. The Hall–Kier alpha value is -1.24. The fraction of sp³-hybridized carbons (Fsp3) is 0.667. The first-order chi connectivity index (χ1) is 11.5. The van der Waals surface area contributed by atoms with Crippen LogP contribution in [-0.4, -0.2) is 52.6 Å². The van der Waals surface area contributed by atoms with Gasteiger partial charge in [0.05, 0.1) is 6.10 Å². The van der Waals surface area contributed by atoms with Gasteiger partial charge in [0.15, 0.2) is 11.6 Å². The highest BCUT2D eigenvalue weighted by Gasteiger charge is 2.43. The number of aliphatic hydroxyl groups excluding tert-OH is 1. The molecular weight excluding hydrogens is 316 g/mol. The van der Waals surface area contributed by atoms with E-state index in [1.807, 2.05) is 0 Å². The molecule has 3 rings (SSSR count). The van der Waals surface area contributed by atoms with Crippen molar-refractivity contribution in [2.24, 2.45) is 0 Å². The third-order valence-electron chi connectivity index (χ3n) is 5.27. The van der Waals surface area contributed by atoms with Crippen LogP contribution in [0.25, 0.3) is 0 Å². The molecule has 6 heteroatoms. The molecule has 2 aliphatic rings. The van der Waals surface area contributed by atoms with E-state index in [1.54, 1.807) is 0 Å². The lowest BCUT2D eigenvalue weighted by atomic mass is 9.86. The molecule has 24 heavy (non-hydrogen) atoms. The Balaban J connectivity index is 1.66. The summed E-state index contributed by atoms with van der Waals surface area (Å²) in [6.07, 6.45) is 5.34. The van der Waals surface area contributed by atoms with Crippen LogP contribution in [0.4, 0.5) is 8.78 Å². The SMILES string of the molecule is O[C@H]1CCN(C2CCCCC2)C[C@]1(O)COc1cccc(F)c1F. The van der Waals surface area contributed by atoms with E-state index in [0.717, 1.165) is 25.5 Å². The molecule has 2 N–H and O–H groups in total. The summed E-state index contributed by atoms with van der Waals surface area (Å²) < 4.78 is 32.3. The molecule has 1 saturated heterocycles. The molecule has 4 nitrogen and oxygen atoms in total. The number of aliphatic hydroxyl groups is 2. The summed E-state index contributed by atoms with van der Waals surface area (Å²) in [7, 11) is 0. The van der Waals surface area contributed by atoms with E-state index in [9.17, 15) is 19.0 Å². The Bertz CT molecular complexity index is 565. The first-order valence-electron chi connectivity index (χ1n) is 8.71. The zero-order chi connectivity index (χ0) is 17.2. The van der Waals surface area contributed by atoms with Gasteiger partial charge in [0.25, 0.3) is 0 Å². The van der Waals surface area contributed by atoms with E-state index in [2.05, 4.69) is 4.90 Å². The summed E-state index contributed by atoms with van der Waals surface area (Å²) in [5.41, 5.74) is -1.48. The van der Waals surface area contributed by atoms with Crippen molar-refractivity contribution in [2.75, 3.05) is 19.7 Å². The number of nitrogens with zero attached hydrogens (tertiary/aromatic N) is 1. The van der Waals surface area contributed by atoms with Gasteiger partial charge in [-0.05, 0) is 31.4 Å². The standard InChI is InChI=1S/C18H25F2NO3/c19-14-7-4-8-15(17(14)20)24-12-18(23)11-21(10-9-16(18)22)13-5-2-1-3-6-13/h4,7-8,13,16,22-23H,1-3,5-6,9-12H2/t16-,18-/m0/s1. The Morgan fingerprint density at radius 2 is 1.92 bits per heavy atom. The van der Waals surface area contributed by atoms with Gasteiger partial charge in [0.2, 0.25) is 5.82 Å². The number of β-amino-alcohol motifs (C(OH)–C–C–N with tert-alkyl or cyclic N) is 1. The molecule has 0 spiro atoms. The maximum atomic E-state index is 13.7. The van der Waals surface area contributed by atoms with E-state index in [0.29, 0.717) is 12.5 Å². The van der Waals surface area contributed by atoms with Crippen LogP contribution in [0, 0.1) is 11.6 Å². The molecule has 1 saturated carbocycles. The minimum absolute atomic E-state index is 0.245. The molecule has 1 aliphatic carbocycles. The lowest BCUT2D eigenvalue weighted by molar-refractivity contribution is -0.147. The zero-order valence-electron chi connectivity index (χ0n) is 13.8. The van der Waals surface area contributed by atoms with Gasteiger partial charge in [0.1, 0.15) is 12.2 Å². The van der Waals surface area contributed by atoms with Crippen molar-refractivity contribution >= 4 is 0 Å². The van der Waals surface area contributed by atoms with E-state index < -0.39 is 23.3 Å². The minimum Gasteiger partial charge on any atom is -0.487 e. The quantitative estimate of drug-likeness (QED) is 0.883. The molecule has 1 aromatic rings. The topological polar surface area (TPSA) is 52.9 Å². The molecule has 0 unspecified atom stereocenters. The van der Waals surface area contributed by atoms with Crippen molar-refractivity contribution in [3.63, 3.8) is 0 Å². The van der Waals surface area contributed by atoms with Gasteiger partial charge >= 0.3 is 0 Å². The van der Waals surface area contributed by atoms with Gasteiger partial charge < -0.3 is 14.9 Å². The van der Waals surface area contributed by atoms with Crippen LogP contribution >= 0.6 is 0 Å². The first-order valence-corrected chi connectivity index (χ1v) is 8.71. The summed E-state index contributed by atoms with van der Waals surface area (Å²) in [5.74, 6) is -2.31. The number of benzene rings is 1. The number of piperidine rings is 1. The van der Waals surface area contributed by atoms with Gasteiger partial charge in [-0.1, -0.05) is 25.3 Å². The van der Waals surface area contributed by atoms with Gasteiger partial charge in [-0.25, -0.2) is 4.39 Å². The second-order valence-corrected chi connectivity index (χ2v) is 7.01. The van der Waals surface area contributed by atoms with Crippen molar-refractivity contribution in [3.8, 4) is 5.75 Å². The Morgan fingerprint density at radius 1 is 1.17 bits per heavy atom. The Labute approximate surface area is 141 Å². The lowest BCUT2D eigenvalue weighted by Gasteiger charge is -2.46. The van der Waals surface area contributed by atoms with Crippen LogP contribution in [0.2, 0.25) is 0 Å². The van der Waals surface area contributed by atoms with Crippen molar-refractivity contribution in [1.82, 2.24) is 4.90 Å². The summed E-state index contributed by atoms with van der Waals surface area (Å²) in [6, 6.07) is 4.10. The highest BCUT2D eigenvalue weighted by molar-refractivity contribution is 5.25. The molecule has 0 radical (unpaired) electrons. The fourth-order valence-corrected chi connectivity index (χ4v) is 3.79.